The van der Waals surface area contributed by atoms with Crippen LogP contribution in [0.15, 0.2) is 21.5 Å². The van der Waals surface area contributed by atoms with Gasteiger partial charge in [-0.1, -0.05) is 0 Å². The van der Waals surface area contributed by atoms with Crippen molar-refractivity contribution < 1.29 is 17.2 Å². The molecule has 1 saturated heterocycles. The van der Waals surface area contributed by atoms with Crippen molar-refractivity contribution in [2.24, 2.45) is 0 Å². The second-order valence-electron chi connectivity index (χ2n) is 4.19. The molecule has 0 aromatic heterocycles. The minimum absolute atomic E-state index is 0.114. The summed E-state index contributed by atoms with van der Waals surface area (Å²) < 4.78 is 52.9. The van der Waals surface area contributed by atoms with Crippen molar-refractivity contribution >= 4 is 37.7 Å². The first kappa shape index (κ1) is 15.2. The second-order valence-corrected chi connectivity index (χ2v) is 8.15. The van der Waals surface area contributed by atoms with Gasteiger partial charge in [-0.3, -0.25) is 0 Å². The van der Waals surface area contributed by atoms with Crippen LogP contribution in [-0.4, -0.2) is 26.0 Å². The Labute approximate surface area is 123 Å². The Balaban J connectivity index is 2.19. The number of benzene rings is 1. The molecule has 1 aromatic carbocycles. The van der Waals surface area contributed by atoms with E-state index in [0.29, 0.717) is 6.07 Å². The van der Waals surface area contributed by atoms with Gasteiger partial charge < -0.3 is 0 Å². The molecular formula is C11H12BrF2NO2S2. The van der Waals surface area contributed by atoms with Crippen molar-refractivity contribution in [1.82, 2.24) is 4.72 Å². The van der Waals surface area contributed by atoms with Crippen LogP contribution in [0.4, 0.5) is 8.78 Å². The van der Waals surface area contributed by atoms with E-state index < -0.39 is 26.6 Å². The van der Waals surface area contributed by atoms with Crippen LogP contribution in [0.3, 0.4) is 0 Å². The van der Waals surface area contributed by atoms with Crippen LogP contribution >= 0.6 is 27.7 Å². The van der Waals surface area contributed by atoms with Gasteiger partial charge >= 0.3 is 0 Å². The van der Waals surface area contributed by atoms with Gasteiger partial charge in [-0.15, -0.1) is 0 Å². The molecule has 1 heterocycles. The maximum absolute atomic E-state index is 13.6. The van der Waals surface area contributed by atoms with Crippen molar-refractivity contribution in [1.29, 1.82) is 0 Å². The Kier molecular flexibility index (Phi) is 4.86. The molecule has 0 amide bonds. The Hall–Kier alpha value is -0.180. The summed E-state index contributed by atoms with van der Waals surface area (Å²) in [6.07, 6.45) is 2.01. The summed E-state index contributed by atoms with van der Waals surface area (Å²) in [4.78, 5) is -0.545. The highest BCUT2D eigenvalue weighted by Crippen LogP contribution is 2.28. The monoisotopic (exact) mass is 371 g/mol. The molecule has 0 bridgehead atoms. The van der Waals surface area contributed by atoms with E-state index in [2.05, 4.69) is 20.7 Å². The molecule has 1 aliphatic heterocycles. The average Bonchev–Trinajstić information content (AvgIpc) is 2.77. The molecule has 19 heavy (non-hydrogen) atoms. The lowest BCUT2D eigenvalue weighted by Gasteiger charge is -2.12. The SMILES string of the molecule is O=S(=O)(NCC1CCCS1)c1c(F)cc(F)cc1Br. The molecule has 2 rings (SSSR count). The van der Waals surface area contributed by atoms with E-state index in [9.17, 15) is 17.2 Å². The van der Waals surface area contributed by atoms with E-state index in [1.807, 2.05) is 0 Å². The number of hydrogen-bond acceptors (Lipinski definition) is 3. The normalized spacial score (nSPS) is 19.8. The zero-order valence-corrected chi connectivity index (χ0v) is 13.0. The first-order chi connectivity index (χ1) is 8.90. The fourth-order valence-electron chi connectivity index (χ4n) is 1.87. The summed E-state index contributed by atoms with van der Waals surface area (Å²) in [5.41, 5.74) is 0. The Morgan fingerprint density at radius 3 is 2.74 bits per heavy atom. The van der Waals surface area contributed by atoms with E-state index in [-0.39, 0.29) is 16.3 Å². The molecule has 1 atom stereocenters. The van der Waals surface area contributed by atoms with Crippen LogP contribution in [0.2, 0.25) is 0 Å². The summed E-state index contributed by atoms with van der Waals surface area (Å²) in [5.74, 6) is -0.908. The highest BCUT2D eigenvalue weighted by molar-refractivity contribution is 9.10. The Morgan fingerprint density at radius 2 is 2.16 bits per heavy atom. The van der Waals surface area contributed by atoms with Gasteiger partial charge in [-0.2, -0.15) is 11.8 Å². The fourth-order valence-corrected chi connectivity index (χ4v) is 5.42. The standard InChI is InChI=1S/C11H12BrF2NO2S2/c12-9-4-7(13)5-10(14)11(9)19(16,17)15-6-8-2-1-3-18-8/h4-5,8,15H,1-3,6H2. The molecule has 1 N–H and O–H groups in total. The minimum atomic E-state index is -3.98. The van der Waals surface area contributed by atoms with Gasteiger partial charge in [0, 0.05) is 22.3 Å². The molecule has 1 aliphatic rings. The molecule has 1 fully saturated rings. The Bertz CT molecular complexity index is 551. The van der Waals surface area contributed by atoms with Crippen LogP contribution in [-0.2, 0) is 10.0 Å². The summed E-state index contributed by atoms with van der Waals surface area (Å²) in [6.45, 7) is 0.260. The van der Waals surface area contributed by atoms with Crippen molar-refractivity contribution in [2.45, 2.75) is 23.0 Å². The minimum Gasteiger partial charge on any atom is -0.210 e. The lowest BCUT2D eigenvalue weighted by Crippen LogP contribution is -2.30. The maximum atomic E-state index is 13.6. The highest BCUT2D eigenvalue weighted by atomic mass is 79.9. The zero-order valence-electron chi connectivity index (χ0n) is 9.83. The summed E-state index contributed by atoms with van der Waals surface area (Å²) in [5, 5.41) is 0.220. The van der Waals surface area contributed by atoms with E-state index in [4.69, 9.17) is 0 Å². The van der Waals surface area contributed by atoms with Crippen molar-refractivity contribution in [3.8, 4) is 0 Å². The van der Waals surface area contributed by atoms with Gasteiger partial charge in [-0.25, -0.2) is 21.9 Å². The van der Waals surface area contributed by atoms with Crippen molar-refractivity contribution in [3.05, 3.63) is 28.2 Å². The van der Waals surface area contributed by atoms with Gasteiger partial charge in [0.05, 0.1) is 0 Å². The summed E-state index contributed by atoms with van der Waals surface area (Å²) >= 11 is 4.58. The zero-order chi connectivity index (χ0) is 14.0. The average molecular weight is 372 g/mol. The lowest BCUT2D eigenvalue weighted by molar-refractivity contribution is 0.540. The third-order valence-electron chi connectivity index (χ3n) is 2.76. The first-order valence-corrected chi connectivity index (χ1v) is 8.98. The van der Waals surface area contributed by atoms with Crippen LogP contribution in [0.1, 0.15) is 12.8 Å². The summed E-state index contributed by atoms with van der Waals surface area (Å²) in [6, 6.07) is 1.49. The van der Waals surface area contributed by atoms with Crippen LogP contribution < -0.4 is 4.72 Å². The number of halogens is 3. The summed E-state index contributed by atoms with van der Waals surface area (Å²) in [7, 11) is -3.98. The smallest absolute Gasteiger partial charge is 0.210 e. The third-order valence-corrected chi connectivity index (χ3v) is 6.54. The van der Waals surface area contributed by atoms with E-state index in [0.717, 1.165) is 24.7 Å². The van der Waals surface area contributed by atoms with Crippen LogP contribution in [0, 0.1) is 11.6 Å². The Morgan fingerprint density at radius 1 is 1.42 bits per heavy atom. The van der Waals surface area contributed by atoms with Crippen LogP contribution in [0.5, 0.6) is 0 Å². The van der Waals surface area contributed by atoms with E-state index >= 15 is 0 Å². The quantitative estimate of drug-likeness (QED) is 0.884. The topological polar surface area (TPSA) is 46.2 Å². The van der Waals surface area contributed by atoms with Gasteiger partial charge in [0.1, 0.15) is 16.5 Å². The molecule has 3 nitrogen and oxygen atoms in total. The second kappa shape index (κ2) is 6.07. The molecule has 0 spiro atoms. The molecule has 8 heteroatoms. The number of nitrogens with one attached hydrogen (secondary N) is 1. The number of hydrogen-bond donors (Lipinski definition) is 1. The van der Waals surface area contributed by atoms with Gasteiger partial charge in [-0.05, 0) is 40.6 Å². The largest absolute Gasteiger partial charge is 0.244 e. The fraction of sp³-hybridized carbons (Fsp3) is 0.455. The third kappa shape index (κ3) is 3.68. The molecule has 0 radical (unpaired) electrons. The highest BCUT2D eigenvalue weighted by Gasteiger charge is 2.25. The van der Waals surface area contributed by atoms with E-state index in [1.54, 1.807) is 11.8 Å². The molecular weight excluding hydrogens is 360 g/mol. The predicted octanol–water partition coefficient (Wildman–Crippen LogP) is 2.90. The molecule has 106 valence electrons. The van der Waals surface area contributed by atoms with Gasteiger partial charge in [0.2, 0.25) is 10.0 Å². The van der Waals surface area contributed by atoms with Gasteiger partial charge in [0.15, 0.2) is 0 Å². The van der Waals surface area contributed by atoms with E-state index in [1.165, 1.54) is 0 Å². The first-order valence-electron chi connectivity index (χ1n) is 5.66. The number of thioether (sulfide) groups is 1. The lowest BCUT2D eigenvalue weighted by atomic mass is 10.2. The number of rotatable bonds is 4. The maximum Gasteiger partial charge on any atom is 0.244 e. The molecule has 0 saturated carbocycles. The van der Waals surface area contributed by atoms with Gasteiger partial charge in [0.25, 0.3) is 0 Å². The van der Waals surface area contributed by atoms with Crippen LogP contribution in [0.25, 0.3) is 0 Å². The predicted molar refractivity (Wildman–Crippen MR) is 74.7 cm³/mol. The molecule has 1 aromatic rings. The van der Waals surface area contributed by atoms with Crippen molar-refractivity contribution in [2.75, 3.05) is 12.3 Å². The molecule has 1 unspecified atom stereocenters. The number of sulfonamides is 1. The molecule has 0 aliphatic carbocycles. The van der Waals surface area contributed by atoms with Crippen molar-refractivity contribution in [3.63, 3.8) is 0 Å².